The van der Waals surface area contributed by atoms with Crippen molar-refractivity contribution < 1.29 is 17.9 Å². The van der Waals surface area contributed by atoms with Crippen LogP contribution in [-0.2, 0) is 14.8 Å². The van der Waals surface area contributed by atoms with Gasteiger partial charge in [-0.15, -0.1) is 23.1 Å². The third-order valence-corrected chi connectivity index (χ3v) is 9.13. The Labute approximate surface area is 208 Å². The van der Waals surface area contributed by atoms with Crippen molar-refractivity contribution in [2.45, 2.75) is 29.6 Å². The molecule has 0 unspecified atom stereocenters. The zero-order valence-electron chi connectivity index (χ0n) is 19.1. The summed E-state index contributed by atoms with van der Waals surface area (Å²) in [5, 5.41) is 5.35. The molecule has 0 saturated carbocycles. The number of thiazole rings is 1. The molecule has 1 saturated heterocycles. The molecule has 4 rings (SSSR count). The molecule has 2 heterocycles. The van der Waals surface area contributed by atoms with E-state index in [1.165, 1.54) is 15.6 Å². The number of ether oxygens (including phenoxy) is 1. The molecular formula is C24H27N3O4S3. The summed E-state index contributed by atoms with van der Waals surface area (Å²) in [5.74, 6) is 0.442. The maximum Gasteiger partial charge on any atom is 0.243 e. The molecule has 1 aromatic heterocycles. The maximum atomic E-state index is 13.0. The Morgan fingerprint density at radius 3 is 2.44 bits per heavy atom. The fourth-order valence-electron chi connectivity index (χ4n) is 3.81. The summed E-state index contributed by atoms with van der Waals surface area (Å²) in [6.07, 6.45) is 2.90. The van der Waals surface area contributed by atoms with Crippen molar-refractivity contribution in [1.82, 2.24) is 9.29 Å². The summed E-state index contributed by atoms with van der Waals surface area (Å²) in [4.78, 5) is 18.6. The second-order valence-electron chi connectivity index (χ2n) is 7.84. The minimum atomic E-state index is -3.56. The largest absolute Gasteiger partial charge is 0.494 e. The number of hydrogen-bond acceptors (Lipinski definition) is 7. The van der Waals surface area contributed by atoms with Gasteiger partial charge in [0.25, 0.3) is 0 Å². The van der Waals surface area contributed by atoms with Crippen molar-refractivity contribution >= 4 is 44.2 Å². The van der Waals surface area contributed by atoms with Gasteiger partial charge in [0.15, 0.2) is 5.13 Å². The lowest BCUT2D eigenvalue weighted by Crippen LogP contribution is -2.41. The molecule has 1 aliphatic heterocycles. The first-order valence-electron chi connectivity index (χ1n) is 11.0. The van der Waals surface area contributed by atoms with Crippen LogP contribution in [0.15, 0.2) is 63.7 Å². The van der Waals surface area contributed by atoms with Crippen molar-refractivity contribution in [2.24, 2.45) is 5.92 Å². The normalized spacial score (nSPS) is 15.2. The summed E-state index contributed by atoms with van der Waals surface area (Å²) < 4.78 is 32.8. The topological polar surface area (TPSA) is 88.6 Å². The van der Waals surface area contributed by atoms with Crippen LogP contribution in [0.2, 0.25) is 0 Å². The van der Waals surface area contributed by atoms with Crippen molar-refractivity contribution in [3.63, 3.8) is 0 Å². The molecule has 0 bridgehead atoms. The molecule has 1 amide bonds. The van der Waals surface area contributed by atoms with Crippen LogP contribution < -0.4 is 10.1 Å². The quantitative estimate of drug-likeness (QED) is 0.425. The van der Waals surface area contributed by atoms with Crippen molar-refractivity contribution in [3.05, 3.63) is 53.9 Å². The number of thioether (sulfide) groups is 1. The molecular weight excluding hydrogens is 490 g/mol. The van der Waals surface area contributed by atoms with Crippen LogP contribution in [0.1, 0.15) is 19.8 Å². The lowest BCUT2D eigenvalue weighted by Gasteiger charge is -2.30. The second-order valence-corrected chi connectivity index (χ2v) is 11.5. The number of benzene rings is 2. The first-order valence-corrected chi connectivity index (χ1v) is 14.6. The van der Waals surface area contributed by atoms with E-state index in [4.69, 9.17) is 4.74 Å². The van der Waals surface area contributed by atoms with E-state index >= 15 is 0 Å². The summed E-state index contributed by atoms with van der Waals surface area (Å²) in [6.45, 7) is 3.19. The van der Waals surface area contributed by atoms with Gasteiger partial charge in [-0.3, -0.25) is 4.79 Å². The predicted molar refractivity (Wildman–Crippen MR) is 137 cm³/mol. The van der Waals surface area contributed by atoms with Gasteiger partial charge >= 0.3 is 0 Å². The molecule has 1 N–H and O–H groups in total. The highest BCUT2D eigenvalue weighted by Crippen LogP contribution is 2.29. The number of nitrogens with one attached hydrogen (secondary N) is 1. The van der Waals surface area contributed by atoms with Crippen LogP contribution in [0.25, 0.3) is 11.3 Å². The number of piperidine rings is 1. The summed E-state index contributed by atoms with van der Waals surface area (Å²) >= 11 is 2.94. The number of amides is 1. The summed E-state index contributed by atoms with van der Waals surface area (Å²) in [5.41, 5.74) is 1.74. The fourth-order valence-corrected chi connectivity index (χ4v) is 6.42. The van der Waals surface area contributed by atoms with Gasteiger partial charge in [-0.05, 0) is 74.6 Å². The standard InChI is InChI=1S/C24H27N3O4S3/c1-3-31-19-6-4-17(5-7-19)22-16-33-24(25-22)26-23(28)18-12-14-27(15-13-18)34(29,30)21-10-8-20(32-2)9-11-21/h4-11,16,18H,3,12-15H2,1-2H3,(H,25,26,28). The van der Waals surface area contributed by atoms with Crippen LogP contribution in [-0.4, -0.2) is 49.6 Å². The average Bonchev–Trinajstić information content (AvgIpc) is 3.33. The van der Waals surface area contributed by atoms with E-state index in [9.17, 15) is 13.2 Å². The van der Waals surface area contributed by atoms with Crippen LogP contribution in [0.4, 0.5) is 5.13 Å². The molecule has 0 aliphatic carbocycles. The maximum absolute atomic E-state index is 13.0. The molecule has 2 aromatic carbocycles. The van der Waals surface area contributed by atoms with Crippen molar-refractivity contribution in [3.8, 4) is 17.0 Å². The summed E-state index contributed by atoms with van der Waals surface area (Å²) in [6, 6.07) is 14.6. The zero-order chi connectivity index (χ0) is 24.1. The Kier molecular flexibility index (Phi) is 7.92. The van der Waals surface area contributed by atoms with Crippen molar-refractivity contribution in [2.75, 3.05) is 31.3 Å². The number of rotatable bonds is 8. The Hall–Kier alpha value is -2.40. The number of aromatic nitrogens is 1. The molecule has 180 valence electrons. The van der Waals surface area contributed by atoms with Gasteiger partial charge in [0.1, 0.15) is 5.75 Å². The molecule has 3 aromatic rings. The lowest BCUT2D eigenvalue weighted by molar-refractivity contribution is -0.120. The first kappa shape index (κ1) is 24.7. The van der Waals surface area contributed by atoms with E-state index < -0.39 is 10.0 Å². The molecule has 1 fully saturated rings. The molecule has 0 radical (unpaired) electrons. The van der Waals surface area contributed by atoms with E-state index in [0.717, 1.165) is 21.9 Å². The van der Waals surface area contributed by atoms with Crippen LogP contribution >= 0.6 is 23.1 Å². The Morgan fingerprint density at radius 1 is 1.15 bits per heavy atom. The SMILES string of the molecule is CCOc1ccc(-c2csc(NC(=O)C3CCN(S(=O)(=O)c4ccc(SC)cc4)CC3)n2)cc1. The van der Waals surface area contributed by atoms with Gasteiger partial charge in [-0.1, -0.05) is 0 Å². The average molecular weight is 518 g/mol. The van der Waals surface area contributed by atoms with Crippen LogP contribution in [0, 0.1) is 5.92 Å². The lowest BCUT2D eigenvalue weighted by atomic mass is 9.97. The van der Waals surface area contributed by atoms with Gasteiger partial charge < -0.3 is 10.1 Å². The summed E-state index contributed by atoms with van der Waals surface area (Å²) in [7, 11) is -3.56. The van der Waals surface area contributed by atoms with E-state index in [2.05, 4.69) is 10.3 Å². The van der Waals surface area contributed by atoms with E-state index in [-0.39, 0.29) is 16.7 Å². The Bertz CT molecular complexity index is 1220. The number of nitrogens with zero attached hydrogens (tertiary/aromatic N) is 2. The van der Waals surface area contributed by atoms with Gasteiger partial charge in [0.2, 0.25) is 15.9 Å². The molecule has 0 spiro atoms. The third-order valence-electron chi connectivity index (χ3n) is 5.72. The fraction of sp³-hybridized carbons (Fsp3) is 0.333. The van der Waals surface area contributed by atoms with E-state index in [1.54, 1.807) is 23.9 Å². The number of hydrogen-bond donors (Lipinski definition) is 1. The predicted octanol–water partition coefficient (Wildman–Crippen LogP) is 4.97. The van der Waals surface area contributed by atoms with E-state index in [1.807, 2.05) is 55.0 Å². The van der Waals surface area contributed by atoms with E-state index in [0.29, 0.717) is 37.7 Å². The molecule has 0 atom stereocenters. The van der Waals surface area contributed by atoms with Crippen molar-refractivity contribution in [1.29, 1.82) is 0 Å². The van der Waals surface area contributed by atoms with Crippen LogP contribution in [0.5, 0.6) is 5.75 Å². The number of carbonyl (C=O) groups is 1. The smallest absolute Gasteiger partial charge is 0.243 e. The van der Waals surface area contributed by atoms with Gasteiger partial charge in [-0.2, -0.15) is 4.31 Å². The minimum absolute atomic E-state index is 0.117. The van der Waals surface area contributed by atoms with Gasteiger partial charge in [-0.25, -0.2) is 13.4 Å². The van der Waals surface area contributed by atoms with Gasteiger partial charge in [0, 0.05) is 34.8 Å². The Morgan fingerprint density at radius 2 is 1.82 bits per heavy atom. The minimum Gasteiger partial charge on any atom is -0.494 e. The molecule has 10 heteroatoms. The second kappa shape index (κ2) is 10.9. The zero-order valence-corrected chi connectivity index (χ0v) is 21.5. The van der Waals surface area contributed by atoms with Crippen LogP contribution in [0.3, 0.4) is 0 Å². The Balaban J connectivity index is 1.33. The monoisotopic (exact) mass is 517 g/mol. The number of carbonyl (C=O) groups excluding carboxylic acids is 1. The highest BCUT2D eigenvalue weighted by atomic mass is 32.2. The van der Waals surface area contributed by atoms with Gasteiger partial charge in [0.05, 0.1) is 17.2 Å². The highest BCUT2D eigenvalue weighted by Gasteiger charge is 2.32. The molecule has 1 aliphatic rings. The molecule has 7 nitrogen and oxygen atoms in total. The first-order chi connectivity index (χ1) is 16.4. The molecule has 34 heavy (non-hydrogen) atoms. The highest BCUT2D eigenvalue weighted by molar-refractivity contribution is 7.98. The number of sulfonamides is 1. The third kappa shape index (κ3) is 5.63. The number of anilines is 1.